The summed E-state index contributed by atoms with van der Waals surface area (Å²) in [5, 5.41) is 0.259. The minimum Gasteiger partial charge on any atom is -0.289 e. The van der Waals surface area contributed by atoms with Crippen LogP contribution in [-0.4, -0.2) is 6.29 Å². The number of rotatable bonds is 0. The van der Waals surface area contributed by atoms with Crippen molar-refractivity contribution in [3.8, 4) is 11.8 Å². The molecule has 0 N–H and O–H groups in total. The number of carbonyl (C=O) groups excluding carboxylic acids is 1. The second kappa shape index (κ2) is 4.06. The first-order valence-electron chi connectivity index (χ1n) is 3.56. The van der Waals surface area contributed by atoms with Gasteiger partial charge in [0.2, 0.25) is 0 Å². The summed E-state index contributed by atoms with van der Waals surface area (Å²) in [7, 11) is 0. The Labute approximate surface area is 80.5 Å². The van der Waals surface area contributed by atoms with Crippen molar-refractivity contribution >= 4 is 17.9 Å². The Morgan fingerprint density at radius 3 is 2.85 bits per heavy atom. The average Bonchev–Trinajstić information content (AvgIpc) is 2.13. The molecular weight excluding hydrogens is 191 g/mol. The average molecular weight is 197 g/mol. The molecule has 0 saturated heterocycles. The van der Waals surface area contributed by atoms with Crippen LogP contribution in [0, 0.1) is 24.6 Å². The van der Waals surface area contributed by atoms with Gasteiger partial charge in [-0.3, -0.25) is 4.79 Å². The molecule has 0 saturated carbocycles. The standard InChI is InChI=1S/C10H6ClFO/c1-7-9(12)5-4-8(10(7)11)3-2-6-13/h4-6H,1H3. The second-order valence-corrected chi connectivity index (χ2v) is 2.80. The third-order valence-corrected chi connectivity index (χ3v) is 2.07. The zero-order valence-electron chi connectivity index (χ0n) is 6.90. The molecule has 0 atom stereocenters. The number of aldehydes is 1. The van der Waals surface area contributed by atoms with Gasteiger partial charge >= 0.3 is 0 Å². The quantitative estimate of drug-likeness (QED) is 0.460. The normalized spacial score (nSPS) is 8.85. The van der Waals surface area contributed by atoms with E-state index in [1.54, 1.807) is 6.92 Å². The maximum atomic E-state index is 12.9. The summed E-state index contributed by atoms with van der Waals surface area (Å²) in [5.74, 6) is 4.36. The van der Waals surface area contributed by atoms with E-state index in [0.29, 0.717) is 17.4 Å². The highest BCUT2D eigenvalue weighted by Crippen LogP contribution is 2.21. The highest BCUT2D eigenvalue weighted by molar-refractivity contribution is 6.32. The van der Waals surface area contributed by atoms with Crippen LogP contribution >= 0.6 is 11.6 Å². The smallest absolute Gasteiger partial charge is 0.193 e. The summed E-state index contributed by atoms with van der Waals surface area (Å²) in [6, 6.07) is 2.72. The molecule has 1 nitrogen and oxygen atoms in total. The molecule has 0 aromatic heterocycles. The number of carbonyl (C=O) groups is 1. The maximum absolute atomic E-state index is 12.9. The van der Waals surface area contributed by atoms with E-state index in [2.05, 4.69) is 11.8 Å². The van der Waals surface area contributed by atoms with Gasteiger partial charge in [0, 0.05) is 11.1 Å². The van der Waals surface area contributed by atoms with Crippen molar-refractivity contribution in [1.29, 1.82) is 0 Å². The molecule has 0 amide bonds. The van der Waals surface area contributed by atoms with Crippen molar-refractivity contribution in [2.24, 2.45) is 0 Å². The highest BCUT2D eigenvalue weighted by atomic mass is 35.5. The summed E-state index contributed by atoms with van der Waals surface area (Å²) in [4.78, 5) is 9.95. The van der Waals surface area contributed by atoms with Crippen molar-refractivity contribution in [3.63, 3.8) is 0 Å². The van der Waals surface area contributed by atoms with E-state index < -0.39 is 0 Å². The summed E-state index contributed by atoms with van der Waals surface area (Å²) in [6.45, 7) is 1.56. The van der Waals surface area contributed by atoms with Gasteiger partial charge < -0.3 is 0 Å². The molecule has 1 aromatic carbocycles. The first kappa shape index (κ1) is 9.76. The largest absolute Gasteiger partial charge is 0.289 e. The van der Waals surface area contributed by atoms with Gasteiger partial charge in [-0.2, -0.15) is 0 Å². The summed E-state index contributed by atoms with van der Waals surface area (Å²) in [6.07, 6.45) is 0.467. The molecule has 0 bridgehead atoms. The minimum absolute atomic E-state index is 0.259. The fraction of sp³-hybridized carbons (Fsp3) is 0.100. The lowest BCUT2D eigenvalue weighted by Crippen LogP contribution is -1.87. The van der Waals surface area contributed by atoms with Gasteiger partial charge in [0.15, 0.2) is 6.29 Å². The third-order valence-electron chi connectivity index (χ3n) is 1.59. The molecule has 0 unspecified atom stereocenters. The second-order valence-electron chi connectivity index (χ2n) is 2.42. The van der Waals surface area contributed by atoms with E-state index >= 15 is 0 Å². The molecule has 0 heterocycles. The molecule has 1 rings (SSSR count). The summed E-state index contributed by atoms with van der Waals surface area (Å²) < 4.78 is 12.9. The molecule has 0 spiro atoms. The number of halogens is 2. The Kier molecular flexibility index (Phi) is 3.05. The minimum atomic E-state index is -0.373. The van der Waals surface area contributed by atoms with Crippen LogP contribution in [0.4, 0.5) is 4.39 Å². The Morgan fingerprint density at radius 1 is 1.54 bits per heavy atom. The van der Waals surface area contributed by atoms with Crippen molar-refractivity contribution in [2.45, 2.75) is 6.92 Å². The van der Waals surface area contributed by atoms with E-state index in [4.69, 9.17) is 11.6 Å². The van der Waals surface area contributed by atoms with Gasteiger partial charge in [-0.1, -0.05) is 17.5 Å². The molecule has 3 heteroatoms. The lowest BCUT2D eigenvalue weighted by Gasteiger charge is -2.00. The fourth-order valence-electron chi connectivity index (χ4n) is 0.865. The first-order chi connectivity index (χ1) is 6.16. The highest BCUT2D eigenvalue weighted by Gasteiger charge is 2.05. The van der Waals surface area contributed by atoms with E-state index in [0.717, 1.165) is 0 Å². The van der Waals surface area contributed by atoms with Crippen LogP contribution in [0.25, 0.3) is 0 Å². The first-order valence-corrected chi connectivity index (χ1v) is 3.94. The van der Waals surface area contributed by atoms with Gasteiger partial charge in [0.05, 0.1) is 5.02 Å². The Bertz CT molecular complexity index is 401. The molecule has 66 valence electrons. The van der Waals surface area contributed by atoms with Gasteiger partial charge in [-0.05, 0) is 25.0 Å². The number of hydrogen-bond donors (Lipinski definition) is 0. The Balaban J connectivity index is 3.25. The fourth-order valence-corrected chi connectivity index (χ4v) is 1.07. The van der Waals surface area contributed by atoms with Crippen LogP contribution in [-0.2, 0) is 4.79 Å². The van der Waals surface area contributed by atoms with Crippen LogP contribution in [0.5, 0.6) is 0 Å². The van der Waals surface area contributed by atoms with Gasteiger partial charge in [-0.25, -0.2) is 4.39 Å². The SMILES string of the molecule is Cc1c(F)ccc(C#CC=O)c1Cl. The van der Waals surface area contributed by atoms with Crippen molar-refractivity contribution in [1.82, 2.24) is 0 Å². The van der Waals surface area contributed by atoms with Crippen LogP contribution in [0.2, 0.25) is 5.02 Å². The number of benzene rings is 1. The molecule has 1 aromatic rings. The van der Waals surface area contributed by atoms with Crippen LogP contribution in [0.3, 0.4) is 0 Å². The van der Waals surface area contributed by atoms with Crippen molar-refractivity contribution in [2.75, 3.05) is 0 Å². The van der Waals surface area contributed by atoms with Crippen LogP contribution < -0.4 is 0 Å². The zero-order valence-corrected chi connectivity index (χ0v) is 7.65. The van der Waals surface area contributed by atoms with E-state index in [1.165, 1.54) is 12.1 Å². The van der Waals surface area contributed by atoms with Gasteiger partial charge in [0.1, 0.15) is 5.82 Å². The molecular formula is C10H6ClFO. The van der Waals surface area contributed by atoms with Crippen molar-refractivity contribution in [3.05, 3.63) is 34.1 Å². The summed E-state index contributed by atoms with van der Waals surface area (Å²) in [5.41, 5.74) is 0.812. The van der Waals surface area contributed by atoms with Crippen LogP contribution in [0.15, 0.2) is 12.1 Å². The molecule has 0 aliphatic heterocycles. The monoisotopic (exact) mass is 196 g/mol. The molecule has 0 fully saturated rings. The zero-order chi connectivity index (χ0) is 9.84. The van der Waals surface area contributed by atoms with Crippen LogP contribution in [0.1, 0.15) is 11.1 Å². The third kappa shape index (κ3) is 2.07. The predicted octanol–water partition coefficient (Wildman–Crippen LogP) is 2.34. The Morgan fingerprint density at radius 2 is 2.23 bits per heavy atom. The molecule has 13 heavy (non-hydrogen) atoms. The topological polar surface area (TPSA) is 17.1 Å². The number of hydrogen-bond acceptors (Lipinski definition) is 1. The van der Waals surface area contributed by atoms with Gasteiger partial charge in [-0.15, -0.1) is 0 Å². The molecule has 0 aliphatic rings. The van der Waals surface area contributed by atoms with E-state index in [-0.39, 0.29) is 10.8 Å². The molecule has 0 radical (unpaired) electrons. The van der Waals surface area contributed by atoms with E-state index in [1.807, 2.05) is 0 Å². The predicted molar refractivity (Wildman–Crippen MR) is 49.1 cm³/mol. The Hall–Kier alpha value is -1.33. The maximum Gasteiger partial charge on any atom is 0.193 e. The van der Waals surface area contributed by atoms with E-state index in [9.17, 15) is 9.18 Å². The lowest BCUT2D eigenvalue weighted by molar-refractivity contribution is -0.103. The lowest BCUT2D eigenvalue weighted by atomic mass is 10.1. The molecule has 0 aliphatic carbocycles. The summed E-state index contributed by atoms with van der Waals surface area (Å²) >= 11 is 5.78. The van der Waals surface area contributed by atoms with Crippen molar-refractivity contribution < 1.29 is 9.18 Å². The van der Waals surface area contributed by atoms with Gasteiger partial charge in [0.25, 0.3) is 0 Å².